The Bertz CT molecular complexity index is 1510. The van der Waals surface area contributed by atoms with Crippen molar-refractivity contribution in [1.29, 1.82) is 0 Å². The average molecular weight is 632 g/mol. The van der Waals surface area contributed by atoms with Crippen molar-refractivity contribution >= 4 is 57.1 Å². The van der Waals surface area contributed by atoms with Gasteiger partial charge in [0.2, 0.25) is 11.8 Å². The number of nitrogens with zero attached hydrogens (tertiary/aromatic N) is 3. The van der Waals surface area contributed by atoms with E-state index in [0.29, 0.717) is 30.5 Å². The van der Waals surface area contributed by atoms with Gasteiger partial charge >= 0.3 is 5.97 Å². The van der Waals surface area contributed by atoms with E-state index in [0.717, 1.165) is 4.90 Å². The number of aromatic amines is 1. The first-order valence-electron chi connectivity index (χ1n) is 13.2. The summed E-state index contributed by atoms with van der Waals surface area (Å²) in [5.74, 6) is -1.98. The number of carbonyl (C=O) groups is 4. The number of aromatic nitrogens is 2. The van der Waals surface area contributed by atoms with Crippen molar-refractivity contribution in [3.63, 3.8) is 0 Å². The summed E-state index contributed by atoms with van der Waals surface area (Å²) in [5, 5.41) is 12.1. The molecular weight excluding hydrogens is 603 g/mol. The summed E-state index contributed by atoms with van der Waals surface area (Å²) in [7, 11) is -3.14. The normalized spacial score (nSPS) is 25.5. The van der Waals surface area contributed by atoms with E-state index in [9.17, 15) is 32.7 Å². The van der Waals surface area contributed by atoms with E-state index < -0.39 is 33.1 Å². The Hall–Kier alpha value is -3.56. The smallest absolute Gasteiger partial charge is 0.352 e. The highest BCUT2D eigenvalue weighted by molar-refractivity contribution is 8.00. The van der Waals surface area contributed by atoms with E-state index >= 15 is 0 Å². The number of carboxylic acids is 1. The first-order valence-corrected chi connectivity index (χ1v) is 17.0. The zero-order valence-electron chi connectivity index (χ0n) is 22.3. The number of β-lactam (4-membered cyclic amide) rings is 1. The van der Waals surface area contributed by atoms with Gasteiger partial charge in [-0.1, -0.05) is 18.2 Å². The molecule has 1 aromatic carbocycles. The average Bonchev–Trinajstić information content (AvgIpc) is 3.74. The molecule has 3 amide bonds. The molecule has 0 spiro atoms. The van der Waals surface area contributed by atoms with Gasteiger partial charge in [-0.05, 0) is 36.6 Å². The number of carboxylic acid groups (broad SMARTS) is 1. The molecule has 1 unspecified atom stereocenters. The Kier molecular flexibility index (Phi) is 9.08. The van der Waals surface area contributed by atoms with Crippen LogP contribution in [0.3, 0.4) is 0 Å². The molecule has 4 aliphatic rings. The number of nitrogens with one attached hydrogen (secondary N) is 2. The summed E-state index contributed by atoms with van der Waals surface area (Å²) >= 11 is 2.68. The van der Waals surface area contributed by atoms with E-state index in [-0.39, 0.29) is 46.6 Å². The van der Waals surface area contributed by atoms with Gasteiger partial charge in [-0.2, -0.15) is 0 Å². The number of sulfone groups is 1. The predicted molar refractivity (Wildman–Crippen MR) is 157 cm³/mol. The number of amides is 3. The number of benzene rings is 1. The second kappa shape index (κ2) is 12.8. The van der Waals surface area contributed by atoms with Gasteiger partial charge in [-0.25, -0.2) is 18.2 Å². The van der Waals surface area contributed by atoms with Crippen LogP contribution in [0.1, 0.15) is 12.8 Å². The van der Waals surface area contributed by atoms with E-state index in [2.05, 4.69) is 15.3 Å². The quantitative estimate of drug-likeness (QED) is 0.230. The molecular formula is C27H29N5O7S3. The molecule has 15 heteroatoms. The Balaban J connectivity index is 0.000000639. The summed E-state index contributed by atoms with van der Waals surface area (Å²) in [6, 6.07) is 8.21. The molecule has 0 aliphatic carbocycles. The molecule has 0 saturated carbocycles. The third-order valence-electron chi connectivity index (χ3n) is 7.19. The summed E-state index contributed by atoms with van der Waals surface area (Å²) in [4.78, 5) is 60.5. The lowest BCUT2D eigenvalue weighted by Gasteiger charge is -2.49. The number of allylic oxidation sites excluding steroid dienone is 1. The van der Waals surface area contributed by atoms with Gasteiger partial charge < -0.3 is 20.3 Å². The number of thioether (sulfide) groups is 2. The first kappa shape index (κ1) is 29.9. The second-order valence-corrected chi connectivity index (χ2v) is 14.4. The predicted octanol–water partition coefficient (Wildman–Crippen LogP) is 1.27. The number of aliphatic carboxylic acids is 1. The van der Waals surface area contributed by atoms with Crippen LogP contribution in [0.5, 0.6) is 0 Å². The van der Waals surface area contributed by atoms with Crippen LogP contribution in [-0.2, 0) is 29.0 Å². The standard InChI is InChI=1S/C24H25N3O7S3.C3H4N2/c28-18(12-35-17-4-2-1-3-5-17)25-19-22(30)27-20(24(31)32)15(11-36-23(19)27)10-14-6-8-26(21(14)29)16-7-9-37(33,34)13-16;1-2-5-3-4-1/h1-5,10,16,19,23H,6-9,11-13H2,(H,25,28)(H,31,32);1-3H,(H,4,5)/t16?,19-,23-;/m1./s1. The fourth-order valence-corrected chi connectivity index (χ4v) is 8.96. The highest BCUT2D eigenvalue weighted by atomic mass is 32.2. The summed E-state index contributed by atoms with van der Waals surface area (Å²) in [6.07, 6.45) is 7.40. The zero-order chi connectivity index (χ0) is 29.9. The Morgan fingerprint density at radius 1 is 1.24 bits per heavy atom. The van der Waals surface area contributed by atoms with Crippen molar-refractivity contribution in [2.24, 2.45) is 0 Å². The number of fused-ring (bicyclic) bond motifs is 1. The van der Waals surface area contributed by atoms with Crippen molar-refractivity contribution in [2.75, 3.05) is 29.6 Å². The molecule has 0 bridgehead atoms. The van der Waals surface area contributed by atoms with Crippen LogP contribution in [0, 0.1) is 0 Å². The molecule has 3 N–H and O–H groups in total. The SMILES string of the molecule is O=C(CSc1ccccc1)N[C@@H]1C(=O)N2C(C(=O)O)=C(C=C3CCN(C4CCS(=O)(=O)C4)C3=O)CS[C@H]12.c1c[nH]cn1. The van der Waals surface area contributed by atoms with Crippen LogP contribution in [0.4, 0.5) is 0 Å². The molecule has 4 aliphatic heterocycles. The van der Waals surface area contributed by atoms with Crippen LogP contribution in [0.15, 0.2) is 76.9 Å². The van der Waals surface area contributed by atoms with Crippen LogP contribution in [0.2, 0.25) is 0 Å². The minimum Gasteiger partial charge on any atom is -0.477 e. The van der Waals surface area contributed by atoms with Gasteiger partial charge in [0.15, 0.2) is 9.84 Å². The fourth-order valence-electron chi connectivity index (χ4n) is 5.20. The Morgan fingerprint density at radius 2 is 2.02 bits per heavy atom. The van der Waals surface area contributed by atoms with E-state index in [1.807, 2.05) is 30.3 Å². The maximum Gasteiger partial charge on any atom is 0.352 e. The monoisotopic (exact) mass is 631 g/mol. The molecule has 3 fully saturated rings. The number of likely N-dealkylation sites (tertiary alicyclic amines) is 1. The number of rotatable bonds is 7. The largest absolute Gasteiger partial charge is 0.477 e. The fraction of sp³-hybridized carbons (Fsp3) is 0.370. The van der Waals surface area contributed by atoms with Crippen LogP contribution < -0.4 is 5.32 Å². The van der Waals surface area contributed by atoms with Gasteiger partial charge in [0.25, 0.3) is 5.91 Å². The topological polar surface area (TPSA) is 170 Å². The number of imidazole rings is 1. The highest BCUT2D eigenvalue weighted by Crippen LogP contribution is 2.41. The molecule has 2 aromatic rings. The minimum atomic E-state index is -3.14. The lowest BCUT2D eigenvalue weighted by molar-refractivity contribution is -0.150. The van der Waals surface area contributed by atoms with Crippen LogP contribution in [0.25, 0.3) is 0 Å². The maximum atomic E-state index is 13.0. The maximum absolute atomic E-state index is 13.0. The van der Waals surface area contributed by atoms with Crippen molar-refractivity contribution in [3.05, 3.63) is 72.0 Å². The number of hydrogen-bond acceptors (Lipinski definition) is 9. The summed E-state index contributed by atoms with van der Waals surface area (Å²) in [5.41, 5.74) is 0.587. The minimum absolute atomic E-state index is 0.0497. The van der Waals surface area contributed by atoms with E-state index in [1.165, 1.54) is 34.5 Å². The molecule has 222 valence electrons. The van der Waals surface area contributed by atoms with Gasteiger partial charge in [-0.3, -0.25) is 19.3 Å². The number of H-pyrrole nitrogens is 1. The van der Waals surface area contributed by atoms with Crippen LogP contribution >= 0.6 is 23.5 Å². The zero-order valence-corrected chi connectivity index (χ0v) is 24.8. The molecule has 6 rings (SSSR count). The first-order chi connectivity index (χ1) is 20.1. The van der Waals surface area contributed by atoms with Crippen molar-refractivity contribution in [2.45, 2.75) is 35.2 Å². The summed E-state index contributed by atoms with van der Waals surface area (Å²) < 4.78 is 23.7. The third-order valence-corrected chi connectivity index (χ3v) is 11.3. The van der Waals surface area contributed by atoms with Crippen molar-refractivity contribution < 1.29 is 32.7 Å². The number of carbonyl (C=O) groups excluding carboxylic acids is 3. The molecule has 0 radical (unpaired) electrons. The Morgan fingerprint density at radius 3 is 2.64 bits per heavy atom. The van der Waals surface area contributed by atoms with Gasteiger partial charge in [0.1, 0.15) is 17.1 Å². The Labute approximate surface area is 250 Å². The molecule has 3 atom stereocenters. The third kappa shape index (κ3) is 6.57. The molecule has 5 heterocycles. The molecule has 42 heavy (non-hydrogen) atoms. The van der Waals surface area contributed by atoms with Gasteiger partial charge in [-0.15, -0.1) is 23.5 Å². The van der Waals surface area contributed by atoms with Gasteiger partial charge in [0.05, 0.1) is 23.6 Å². The van der Waals surface area contributed by atoms with E-state index in [4.69, 9.17) is 0 Å². The van der Waals surface area contributed by atoms with E-state index in [1.54, 1.807) is 23.6 Å². The lowest BCUT2D eigenvalue weighted by Crippen LogP contribution is -2.70. The molecule has 12 nitrogen and oxygen atoms in total. The summed E-state index contributed by atoms with van der Waals surface area (Å²) in [6.45, 7) is 0.383. The molecule has 3 saturated heterocycles. The van der Waals surface area contributed by atoms with Crippen molar-refractivity contribution in [3.8, 4) is 0 Å². The molecule has 1 aromatic heterocycles. The van der Waals surface area contributed by atoms with Crippen LogP contribution in [-0.4, -0.2) is 104 Å². The number of hydrogen-bond donors (Lipinski definition) is 3. The lowest BCUT2D eigenvalue weighted by atomic mass is 10.0. The highest BCUT2D eigenvalue weighted by Gasteiger charge is 2.54. The second-order valence-electron chi connectivity index (χ2n) is 9.97. The van der Waals surface area contributed by atoms with Crippen molar-refractivity contribution in [1.82, 2.24) is 25.1 Å². The van der Waals surface area contributed by atoms with Gasteiger partial charge in [0, 0.05) is 41.2 Å².